The quantitative estimate of drug-likeness (QED) is 0.854. The van der Waals surface area contributed by atoms with Gasteiger partial charge in [-0.25, -0.2) is 18.4 Å². The summed E-state index contributed by atoms with van der Waals surface area (Å²) in [5.74, 6) is 1.92. The summed E-state index contributed by atoms with van der Waals surface area (Å²) >= 11 is 0. The molecule has 1 aliphatic heterocycles. The van der Waals surface area contributed by atoms with Crippen LogP contribution in [0, 0.1) is 0 Å². The summed E-state index contributed by atoms with van der Waals surface area (Å²) in [6.45, 7) is 4.85. The first kappa shape index (κ1) is 17.7. The molecule has 2 heterocycles. The van der Waals surface area contributed by atoms with Gasteiger partial charge >= 0.3 is 0 Å². The molecular formula is C18H24N4O2S. The zero-order valence-corrected chi connectivity index (χ0v) is 15.5. The molecule has 134 valence electrons. The summed E-state index contributed by atoms with van der Waals surface area (Å²) in [7, 11) is -2.92. The van der Waals surface area contributed by atoms with E-state index in [9.17, 15) is 8.42 Å². The van der Waals surface area contributed by atoms with Gasteiger partial charge in [0.1, 0.15) is 18.0 Å². The molecule has 1 saturated heterocycles. The molecule has 0 bridgehead atoms. The Morgan fingerprint density at radius 3 is 2.56 bits per heavy atom. The predicted octanol–water partition coefficient (Wildman–Crippen LogP) is 2.80. The third kappa shape index (κ3) is 4.28. The molecule has 1 aromatic carbocycles. The average Bonchev–Trinajstić information content (AvgIpc) is 2.96. The lowest BCUT2D eigenvalue weighted by Gasteiger charge is -2.28. The predicted molar refractivity (Wildman–Crippen MR) is 101 cm³/mol. The minimum atomic E-state index is -2.92. The lowest BCUT2D eigenvalue weighted by molar-refractivity contribution is 0.599. The summed E-state index contributed by atoms with van der Waals surface area (Å²) in [4.78, 5) is 10.7. The Labute approximate surface area is 149 Å². The number of nitrogens with one attached hydrogen (secondary N) is 1. The molecule has 0 amide bonds. The van der Waals surface area contributed by atoms with Crippen LogP contribution in [-0.4, -0.2) is 42.5 Å². The monoisotopic (exact) mass is 360 g/mol. The fourth-order valence-electron chi connectivity index (χ4n) is 3.17. The van der Waals surface area contributed by atoms with Crippen LogP contribution in [-0.2, 0) is 16.3 Å². The number of aromatic nitrogens is 2. The number of anilines is 3. The largest absolute Gasteiger partial charge is 0.353 e. The third-order valence-corrected chi connectivity index (χ3v) is 6.32. The molecule has 0 radical (unpaired) electrons. The number of sulfone groups is 1. The van der Waals surface area contributed by atoms with Crippen LogP contribution < -0.4 is 10.2 Å². The number of rotatable bonds is 6. The Kier molecular flexibility index (Phi) is 5.22. The van der Waals surface area contributed by atoms with Gasteiger partial charge in [-0.05, 0) is 37.5 Å². The number of aryl methyl sites for hydroxylation is 1. The van der Waals surface area contributed by atoms with Crippen LogP contribution in [0.15, 0.2) is 36.7 Å². The molecule has 25 heavy (non-hydrogen) atoms. The zero-order chi connectivity index (χ0) is 17.9. The Morgan fingerprint density at radius 2 is 1.96 bits per heavy atom. The Bertz CT molecular complexity index is 821. The molecule has 2 aromatic rings. The maximum atomic E-state index is 11.8. The van der Waals surface area contributed by atoms with E-state index in [4.69, 9.17) is 0 Å². The van der Waals surface area contributed by atoms with Gasteiger partial charge in [0.25, 0.3) is 0 Å². The van der Waals surface area contributed by atoms with Gasteiger partial charge in [-0.15, -0.1) is 0 Å². The minimum absolute atomic E-state index is 0.0124. The smallest absolute Gasteiger partial charge is 0.152 e. The highest BCUT2D eigenvalue weighted by Crippen LogP contribution is 2.25. The van der Waals surface area contributed by atoms with E-state index in [0.29, 0.717) is 18.8 Å². The van der Waals surface area contributed by atoms with E-state index < -0.39 is 9.84 Å². The van der Waals surface area contributed by atoms with Gasteiger partial charge in [-0.2, -0.15) is 0 Å². The maximum Gasteiger partial charge on any atom is 0.152 e. The van der Waals surface area contributed by atoms with Gasteiger partial charge in [0.2, 0.25) is 0 Å². The lowest BCUT2D eigenvalue weighted by Crippen LogP contribution is -2.36. The van der Waals surface area contributed by atoms with E-state index in [0.717, 1.165) is 17.9 Å². The van der Waals surface area contributed by atoms with Crippen molar-refractivity contribution in [3.63, 3.8) is 0 Å². The Balaban J connectivity index is 1.77. The highest BCUT2D eigenvalue weighted by Gasteiger charge is 2.32. The molecule has 0 aliphatic carbocycles. The summed E-state index contributed by atoms with van der Waals surface area (Å²) in [6, 6.07) is 10.1. The molecular weight excluding hydrogens is 336 g/mol. The van der Waals surface area contributed by atoms with E-state index in [1.54, 1.807) is 0 Å². The lowest BCUT2D eigenvalue weighted by atomic mass is 10.1. The first-order valence-electron chi connectivity index (χ1n) is 8.66. The van der Waals surface area contributed by atoms with E-state index >= 15 is 0 Å². The Morgan fingerprint density at radius 1 is 1.20 bits per heavy atom. The van der Waals surface area contributed by atoms with E-state index in [1.165, 1.54) is 11.9 Å². The topological polar surface area (TPSA) is 75.2 Å². The molecule has 1 fully saturated rings. The van der Waals surface area contributed by atoms with Crippen molar-refractivity contribution in [3.05, 3.63) is 42.2 Å². The summed E-state index contributed by atoms with van der Waals surface area (Å²) in [6.07, 6.45) is 3.18. The van der Waals surface area contributed by atoms with Crippen LogP contribution in [0.4, 0.5) is 17.3 Å². The maximum absolute atomic E-state index is 11.8. The molecule has 1 aliphatic rings. The normalized spacial score (nSPS) is 18.9. The number of benzene rings is 1. The molecule has 1 N–H and O–H groups in total. The van der Waals surface area contributed by atoms with Crippen LogP contribution in [0.2, 0.25) is 0 Å². The van der Waals surface area contributed by atoms with Crippen molar-refractivity contribution in [3.8, 4) is 0 Å². The second-order valence-electron chi connectivity index (χ2n) is 6.28. The summed E-state index contributed by atoms with van der Waals surface area (Å²) in [5, 5.41) is 3.29. The second kappa shape index (κ2) is 7.39. The number of nitrogens with zero attached hydrogens (tertiary/aromatic N) is 3. The SMILES string of the molecule is CCc1ccc(Nc2cc(N(CC)C3CCS(=O)(=O)C3)ncn2)cc1. The van der Waals surface area contributed by atoms with Crippen LogP contribution in [0.25, 0.3) is 0 Å². The van der Waals surface area contributed by atoms with E-state index in [1.807, 2.05) is 25.1 Å². The Hall–Kier alpha value is -2.15. The van der Waals surface area contributed by atoms with Crippen LogP contribution in [0.3, 0.4) is 0 Å². The van der Waals surface area contributed by atoms with Gasteiger partial charge in [0.05, 0.1) is 11.5 Å². The van der Waals surface area contributed by atoms with Crippen LogP contribution in [0.5, 0.6) is 0 Å². The molecule has 6 nitrogen and oxygen atoms in total. The average molecular weight is 360 g/mol. The van der Waals surface area contributed by atoms with Crippen molar-refractivity contribution in [1.29, 1.82) is 0 Å². The van der Waals surface area contributed by atoms with Crippen molar-refractivity contribution in [2.75, 3.05) is 28.3 Å². The van der Waals surface area contributed by atoms with Crippen LogP contribution in [0.1, 0.15) is 25.8 Å². The summed E-state index contributed by atoms with van der Waals surface area (Å²) < 4.78 is 23.6. The summed E-state index contributed by atoms with van der Waals surface area (Å²) in [5.41, 5.74) is 2.25. The van der Waals surface area contributed by atoms with Crippen molar-refractivity contribution in [2.45, 2.75) is 32.7 Å². The molecule has 1 aromatic heterocycles. The van der Waals surface area contributed by atoms with Crippen molar-refractivity contribution < 1.29 is 8.42 Å². The molecule has 1 unspecified atom stereocenters. The highest BCUT2D eigenvalue weighted by atomic mass is 32.2. The van der Waals surface area contributed by atoms with Gasteiger partial charge in [0, 0.05) is 24.3 Å². The molecule has 3 rings (SSSR count). The molecule has 1 atom stereocenters. The minimum Gasteiger partial charge on any atom is -0.353 e. The highest BCUT2D eigenvalue weighted by molar-refractivity contribution is 7.91. The van der Waals surface area contributed by atoms with Gasteiger partial charge < -0.3 is 10.2 Å². The van der Waals surface area contributed by atoms with E-state index in [2.05, 4.69) is 39.2 Å². The standard InChI is InChI=1S/C18H24N4O2S/c1-3-14-5-7-15(8-6-14)21-17-11-18(20-13-19-17)22(4-2)16-9-10-25(23,24)12-16/h5-8,11,13,16H,3-4,9-10,12H2,1-2H3,(H,19,20,21). The molecule has 7 heteroatoms. The zero-order valence-electron chi connectivity index (χ0n) is 14.6. The van der Waals surface area contributed by atoms with Gasteiger partial charge in [-0.1, -0.05) is 19.1 Å². The van der Waals surface area contributed by atoms with E-state index in [-0.39, 0.29) is 17.5 Å². The van der Waals surface area contributed by atoms with Crippen molar-refractivity contribution >= 4 is 27.2 Å². The first-order valence-corrected chi connectivity index (χ1v) is 10.5. The molecule has 0 saturated carbocycles. The van der Waals surface area contributed by atoms with Crippen molar-refractivity contribution in [1.82, 2.24) is 9.97 Å². The fourth-order valence-corrected chi connectivity index (χ4v) is 4.90. The molecule has 0 spiro atoms. The second-order valence-corrected chi connectivity index (χ2v) is 8.51. The first-order chi connectivity index (χ1) is 12.0. The van der Waals surface area contributed by atoms with Gasteiger partial charge in [-0.3, -0.25) is 0 Å². The third-order valence-electron chi connectivity index (χ3n) is 4.57. The number of hydrogen-bond donors (Lipinski definition) is 1. The number of hydrogen-bond acceptors (Lipinski definition) is 6. The fraction of sp³-hybridized carbons (Fsp3) is 0.444. The van der Waals surface area contributed by atoms with Gasteiger partial charge in [0.15, 0.2) is 9.84 Å². The van der Waals surface area contributed by atoms with Crippen LogP contribution >= 0.6 is 0 Å². The van der Waals surface area contributed by atoms with Crippen molar-refractivity contribution in [2.24, 2.45) is 0 Å².